The van der Waals surface area contributed by atoms with Crippen LogP contribution in [-0.2, 0) is 6.61 Å². The number of hydrogen-bond donors (Lipinski definition) is 0. The Morgan fingerprint density at radius 2 is 1.81 bits per heavy atom. The fourth-order valence-corrected chi connectivity index (χ4v) is 2.75. The minimum atomic E-state index is 0.484. The van der Waals surface area contributed by atoms with Gasteiger partial charge in [0.25, 0.3) is 0 Å². The summed E-state index contributed by atoms with van der Waals surface area (Å²) in [5.41, 5.74) is 3.94. The lowest BCUT2D eigenvalue weighted by Crippen LogP contribution is -2.10. The van der Waals surface area contributed by atoms with E-state index < -0.39 is 0 Å². The number of ether oxygens (including phenoxy) is 1. The SMILES string of the molecule is CC(C)c1ccc(C2C[CH]C2)cc1OCc1ccccc1. The van der Waals surface area contributed by atoms with Crippen molar-refractivity contribution in [3.8, 4) is 5.75 Å². The Morgan fingerprint density at radius 1 is 1.05 bits per heavy atom. The Balaban J connectivity index is 1.80. The van der Waals surface area contributed by atoms with Crippen LogP contribution in [0.4, 0.5) is 0 Å². The highest BCUT2D eigenvalue weighted by Gasteiger charge is 2.21. The third-order valence-electron chi connectivity index (χ3n) is 4.27. The molecule has 0 unspecified atom stereocenters. The maximum atomic E-state index is 6.13. The first-order chi connectivity index (χ1) is 10.2. The summed E-state index contributed by atoms with van der Waals surface area (Å²) >= 11 is 0. The van der Waals surface area contributed by atoms with Crippen LogP contribution in [0.25, 0.3) is 0 Å². The fourth-order valence-electron chi connectivity index (χ4n) is 2.75. The van der Waals surface area contributed by atoms with Crippen LogP contribution in [-0.4, -0.2) is 0 Å². The lowest BCUT2D eigenvalue weighted by molar-refractivity contribution is 0.301. The monoisotopic (exact) mass is 279 g/mol. The molecule has 2 aromatic carbocycles. The molecular weight excluding hydrogens is 256 g/mol. The van der Waals surface area contributed by atoms with E-state index in [9.17, 15) is 0 Å². The van der Waals surface area contributed by atoms with Gasteiger partial charge >= 0.3 is 0 Å². The molecule has 0 aromatic heterocycles. The number of benzene rings is 2. The van der Waals surface area contributed by atoms with Gasteiger partial charge in [-0.25, -0.2) is 0 Å². The predicted octanol–water partition coefficient (Wildman–Crippen LogP) is 5.47. The Bertz CT molecular complexity index is 582. The van der Waals surface area contributed by atoms with Crippen LogP contribution in [0.2, 0.25) is 0 Å². The highest BCUT2D eigenvalue weighted by atomic mass is 16.5. The smallest absolute Gasteiger partial charge is 0.123 e. The average Bonchev–Trinajstić information content (AvgIpc) is 2.44. The van der Waals surface area contributed by atoms with Crippen LogP contribution in [0.1, 0.15) is 55.2 Å². The zero-order valence-electron chi connectivity index (χ0n) is 12.9. The van der Waals surface area contributed by atoms with Crippen molar-refractivity contribution in [1.29, 1.82) is 0 Å². The van der Waals surface area contributed by atoms with E-state index in [0.29, 0.717) is 18.4 Å². The molecule has 2 aromatic rings. The van der Waals surface area contributed by atoms with Crippen molar-refractivity contribution in [2.45, 2.75) is 45.1 Å². The van der Waals surface area contributed by atoms with Gasteiger partial charge in [0.15, 0.2) is 0 Å². The molecule has 0 saturated heterocycles. The highest BCUT2D eigenvalue weighted by Crippen LogP contribution is 2.39. The Morgan fingerprint density at radius 3 is 2.43 bits per heavy atom. The lowest BCUT2D eigenvalue weighted by Gasteiger charge is -2.26. The van der Waals surface area contributed by atoms with E-state index in [1.807, 2.05) is 6.07 Å². The molecule has 1 nitrogen and oxygen atoms in total. The van der Waals surface area contributed by atoms with Crippen molar-refractivity contribution in [2.24, 2.45) is 0 Å². The van der Waals surface area contributed by atoms with Crippen molar-refractivity contribution in [3.63, 3.8) is 0 Å². The van der Waals surface area contributed by atoms with E-state index in [-0.39, 0.29) is 0 Å². The van der Waals surface area contributed by atoms with E-state index in [1.54, 1.807) is 0 Å². The average molecular weight is 279 g/mol. The van der Waals surface area contributed by atoms with E-state index in [0.717, 1.165) is 5.75 Å². The summed E-state index contributed by atoms with van der Waals surface area (Å²) in [5, 5.41) is 0. The molecule has 0 amide bonds. The van der Waals surface area contributed by atoms with Gasteiger partial charge in [-0.05, 0) is 53.9 Å². The van der Waals surface area contributed by atoms with Gasteiger partial charge in [-0.15, -0.1) is 0 Å². The zero-order valence-corrected chi connectivity index (χ0v) is 12.9. The molecule has 3 rings (SSSR count). The van der Waals surface area contributed by atoms with E-state index in [4.69, 9.17) is 4.74 Å². The summed E-state index contributed by atoms with van der Waals surface area (Å²) < 4.78 is 6.13. The molecule has 21 heavy (non-hydrogen) atoms. The Kier molecular flexibility index (Phi) is 4.28. The molecular formula is C20H23O. The van der Waals surface area contributed by atoms with Crippen LogP contribution in [0.3, 0.4) is 0 Å². The normalized spacial score (nSPS) is 15.0. The molecule has 1 heteroatoms. The number of hydrogen-bond acceptors (Lipinski definition) is 1. The molecule has 109 valence electrons. The van der Waals surface area contributed by atoms with Crippen LogP contribution in [0.15, 0.2) is 48.5 Å². The fraction of sp³-hybridized carbons (Fsp3) is 0.350. The van der Waals surface area contributed by atoms with Crippen LogP contribution in [0.5, 0.6) is 5.75 Å². The molecule has 0 N–H and O–H groups in total. The van der Waals surface area contributed by atoms with Gasteiger partial charge in [-0.3, -0.25) is 0 Å². The summed E-state index contributed by atoms with van der Waals surface area (Å²) in [6.07, 6.45) is 4.77. The molecule has 0 heterocycles. The van der Waals surface area contributed by atoms with Crippen LogP contribution < -0.4 is 4.74 Å². The third-order valence-corrected chi connectivity index (χ3v) is 4.27. The Hall–Kier alpha value is -1.76. The van der Waals surface area contributed by atoms with Crippen LogP contribution in [0, 0.1) is 6.42 Å². The Labute approximate surface area is 128 Å². The molecule has 1 aliphatic carbocycles. The summed E-state index contributed by atoms with van der Waals surface area (Å²) in [6, 6.07) is 17.2. The molecule has 1 saturated carbocycles. The first kappa shape index (κ1) is 14.2. The molecule has 0 atom stereocenters. The highest BCUT2D eigenvalue weighted by molar-refractivity contribution is 5.41. The standard InChI is InChI=1S/C20H23O/c1-15(2)19-12-11-18(17-9-6-10-17)13-20(19)21-14-16-7-4-3-5-8-16/h3-8,11-13,15,17H,9-10,14H2,1-2H3. The van der Waals surface area contributed by atoms with E-state index >= 15 is 0 Å². The summed E-state index contributed by atoms with van der Waals surface area (Å²) in [4.78, 5) is 0. The van der Waals surface area contributed by atoms with Crippen molar-refractivity contribution in [2.75, 3.05) is 0 Å². The van der Waals surface area contributed by atoms with Gasteiger partial charge in [0.2, 0.25) is 0 Å². The van der Waals surface area contributed by atoms with Gasteiger partial charge in [0.1, 0.15) is 12.4 Å². The van der Waals surface area contributed by atoms with E-state index in [1.165, 1.54) is 29.5 Å². The van der Waals surface area contributed by atoms with E-state index in [2.05, 4.69) is 62.7 Å². The van der Waals surface area contributed by atoms with Gasteiger partial charge in [0.05, 0.1) is 0 Å². The second-order valence-corrected chi connectivity index (χ2v) is 6.18. The van der Waals surface area contributed by atoms with Gasteiger partial charge in [0, 0.05) is 0 Å². The summed E-state index contributed by atoms with van der Waals surface area (Å²) in [5.74, 6) is 2.24. The van der Waals surface area contributed by atoms with Gasteiger partial charge in [-0.2, -0.15) is 0 Å². The summed E-state index contributed by atoms with van der Waals surface area (Å²) in [7, 11) is 0. The van der Waals surface area contributed by atoms with Crippen molar-refractivity contribution in [1.82, 2.24) is 0 Å². The predicted molar refractivity (Wildman–Crippen MR) is 87.6 cm³/mol. The van der Waals surface area contributed by atoms with Gasteiger partial charge in [-0.1, -0.05) is 56.3 Å². The second kappa shape index (κ2) is 6.34. The summed E-state index contributed by atoms with van der Waals surface area (Å²) in [6.45, 7) is 5.09. The maximum Gasteiger partial charge on any atom is 0.123 e. The topological polar surface area (TPSA) is 9.23 Å². The molecule has 1 aliphatic rings. The zero-order chi connectivity index (χ0) is 14.7. The first-order valence-electron chi connectivity index (χ1n) is 7.86. The minimum absolute atomic E-state index is 0.484. The molecule has 0 aliphatic heterocycles. The van der Waals surface area contributed by atoms with Crippen molar-refractivity contribution >= 4 is 0 Å². The molecule has 0 bridgehead atoms. The molecule has 1 radical (unpaired) electrons. The van der Waals surface area contributed by atoms with Crippen molar-refractivity contribution in [3.05, 3.63) is 71.6 Å². The second-order valence-electron chi connectivity index (χ2n) is 6.18. The van der Waals surface area contributed by atoms with Crippen LogP contribution >= 0.6 is 0 Å². The first-order valence-corrected chi connectivity index (χ1v) is 7.86. The largest absolute Gasteiger partial charge is 0.489 e. The maximum absolute atomic E-state index is 6.13. The van der Waals surface area contributed by atoms with Crippen molar-refractivity contribution < 1.29 is 4.74 Å². The molecule has 0 spiro atoms. The quantitative estimate of drug-likeness (QED) is 0.705. The van der Waals surface area contributed by atoms with Gasteiger partial charge < -0.3 is 4.74 Å². The third kappa shape index (κ3) is 3.29. The molecule has 1 fully saturated rings. The minimum Gasteiger partial charge on any atom is -0.489 e. The lowest BCUT2D eigenvalue weighted by atomic mass is 9.79. The number of rotatable bonds is 5.